The molecule has 3 heterocycles. The number of nitrogens with zero attached hydrogens (tertiary/aromatic N) is 3. The first-order chi connectivity index (χ1) is 10.8. The van der Waals surface area contributed by atoms with Crippen molar-refractivity contribution in [2.45, 2.75) is 19.8 Å². The number of hydrogen-bond acceptors (Lipinski definition) is 5. The highest BCUT2D eigenvalue weighted by atomic mass is 32.1. The van der Waals surface area contributed by atoms with E-state index in [1.54, 1.807) is 17.7 Å². The summed E-state index contributed by atoms with van der Waals surface area (Å²) in [6.45, 7) is 2.18. The number of H-pyrrole nitrogens is 1. The second-order valence-electron chi connectivity index (χ2n) is 5.19. The van der Waals surface area contributed by atoms with Gasteiger partial charge in [-0.05, 0) is 48.3 Å². The minimum atomic E-state index is 0.717. The number of benzene rings is 1. The molecule has 0 saturated heterocycles. The van der Waals surface area contributed by atoms with Crippen LogP contribution in [0.25, 0.3) is 21.1 Å². The van der Waals surface area contributed by atoms with Gasteiger partial charge in [0.2, 0.25) is 0 Å². The molecule has 0 aliphatic heterocycles. The van der Waals surface area contributed by atoms with E-state index < -0.39 is 0 Å². The van der Waals surface area contributed by atoms with Gasteiger partial charge in [0.05, 0.1) is 15.8 Å². The molecule has 2 N–H and O–H groups in total. The van der Waals surface area contributed by atoms with Crippen LogP contribution in [0, 0.1) is 0 Å². The molecular weight excluding hydrogens is 294 g/mol. The van der Waals surface area contributed by atoms with Crippen LogP contribution < -0.4 is 5.32 Å². The quantitative estimate of drug-likeness (QED) is 0.591. The maximum Gasteiger partial charge on any atom is 0.183 e. The zero-order chi connectivity index (χ0) is 14.9. The highest BCUT2D eigenvalue weighted by Gasteiger charge is 2.08. The van der Waals surface area contributed by atoms with E-state index >= 15 is 0 Å². The number of aromatic amines is 1. The third-order valence-corrected chi connectivity index (χ3v) is 4.48. The lowest BCUT2D eigenvalue weighted by Crippen LogP contribution is -1.91. The molecule has 0 unspecified atom stereocenters. The molecule has 22 heavy (non-hydrogen) atoms. The summed E-state index contributed by atoms with van der Waals surface area (Å²) in [6.07, 6.45) is 3.89. The number of rotatable bonds is 4. The highest BCUT2D eigenvalue weighted by molar-refractivity contribution is 7.13. The fourth-order valence-electron chi connectivity index (χ4n) is 2.57. The average molecular weight is 309 g/mol. The predicted octanol–water partition coefficient (Wildman–Crippen LogP) is 4.26. The van der Waals surface area contributed by atoms with Crippen molar-refractivity contribution in [3.8, 4) is 0 Å². The summed E-state index contributed by atoms with van der Waals surface area (Å²) in [5.74, 6) is 0.862. The first-order valence-corrected chi connectivity index (χ1v) is 8.07. The Balaban J connectivity index is 1.69. The molecule has 1 aromatic carbocycles. The molecular formula is C16H15N5S. The third-order valence-electron chi connectivity index (χ3n) is 3.63. The van der Waals surface area contributed by atoms with E-state index in [-0.39, 0.29) is 0 Å². The Morgan fingerprint density at radius 2 is 2.18 bits per heavy atom. The number of fused-ring (bicyclic) bond motifs is 2. The van der Waals surface area contributed by atoms with Crippen molar-refractivity contribution in [1.82, 2.24) is 19.6 Å². The summed E-state index contributed by atoms with van der Waals surface area (Å²) in [7, 11) is 0. The van der Waals surface area contributed by atoms with Gasteiger partial charge in [-0.3, -0.25) is 5.10 Å². The van der Waals surface area contributed by atoms with Gasteiger partial charge in [-0.1, -0.05) is 13.3 Å². The molecule has 0 fully saturated rings. The van der Waals surface area contributed by atoms with Crippen molar-refractivity contribution in [3.63, 3.8) is 0 Å². The minimum Gasteiger partial charge on any atom is -0.340 e. The second kappa shape index (κ2) is 5.38. The highest BCUT2D eigenvalue weighted by Crippen LogP contribution is 2.29. The number of aryl methyl sites for hydroxylation is 1. The summed E-state index contributed by atoms with van der Waals surface area (Å²) < 4.78 is 5.76. The average Bonchev–Trinajstić information content (AvgIpc) is 3.13. The molecule has 0 amide bonds. The Hall–Kier alpha value is -2.47. The van der Waals surface area contributed by atoms with Crippen LogP contribution in [0.1, 0.15) is 19.0 Å². The Kier molecular flexibility index (Phi) is 3.23. The number of anilines is 2. The lowest BCUT2D eigenvalue weighted by atomic mass is 10.1. The van der Waals surface area contributed by atoms with Crippen LogP contribution in [0.2, 0.25) is 0 Å². The third kappa shape index (κ3) is 2.21. The molecule has 5 nitrogen and oxygen atoms in total. The van der Waals surface area contributed by atoms with Crippen molar-refractivity contribution in [3.05, 3.63) is 42.2 Å². The smallest absolute Gasteiger partial charge is 0.183 e. The summed E-state index contributed by atoms with van der Waals surface area (Å²) in [5, 5.41) is 12.8. The van der Waals surface area contributed by atoms with E-state index in [4.69, 9.17) is 0 Å². The topological polar surface area (TPSA) is 66.5 Å². The fourth-order valence-corrected chi connectivity index (χ4v) is 3.44. The lowest BCUT2D eigenvalue weighted by Gasteiger charge is -2.04. The molecule has 0 spiro atoms. The van der Waals surface area contributed by atoms with Crippen LogP contribution in [0.4, 0.5) is 11.5 Å². The van der Waals surface area contributed by atoms with E-state index in [0.29, 0.717) is 5.65 Å². The van der Waals surface area contributed by atoms with E-state index in [9.17, 15) is 0 Å². The molecule has 0 radical (unpaired) electrons. The maximum absolute atomic E-state index is 4.56. The molecule has 6 heteroatoms. The van der Waals surface area contributed by atoms with Gasteiger partial charge in [-0.25, -0.2) is 4.98 Å². The zero-order valence-electron chi connectivity index (χ0n) is 12.1. The fraction of sp³-hybridized carbons (Fsp3) is 0.188. The Morgan fingerprint density at radius 3 is 3.09 bits per heavy atom. The van der Waals surface area contributed by atoms with Gasteiger partial charge >= 0.3 is 0 Å². The Bertz CT molecular complexity index is 940. The standard InChI is InChI=1S/C16H15N5S/c1-2-4-13-11-7-6-10(9-14(11)22-21-13)18-16-12-5-3-8-17-15(12)19-20-16/h3,5-9H,2,4H2,1H3,(H2,17,18,19,20). The van der Waals surface area contributed by atoms with Crippen molar-refractivity contribution < 1.29 is 0 Å². The van der Waals surface area contributed by atoms with Crippen molar-refractivity contribution >= 4 is 44.2 Å². The van der Waals surface area contributed by atoms with Gasteiger partial charge in [0.25, 0.3) is 0 Å². The summed E-state index contributed by atoms with van der Waals surface area (Å²) in [5.41, 5.74) is 2.94. The van der Waals surface area contributed by atoms with Crippen LogP contribution in [0.5, 0.6) is 0 Å². The molecule has 0 saturated carbocycles. The SMILES string of the molecule is CCCc1nsc2cc(Nc3[nH]nc4ncccc34)ccc12. The zero-order valence-corrected chi connectivity index (χ0v) is 12.9. The van der Waals surface area contributed by atoms with Crippen LogP contribution >= 0.6 is 11.5 Å². The van der Waals surface area contributed by atoms with Crippen molar-refractivity contribution in [2.75, 3.05) is 5.32 Å². The van der Waals surface area contributed by atoms with Gasteiger partial charge in [0, 0.05) is 17.3 Å². The van der Waals surface area contributed by atoms with Crippen LogP contribution in [-0.4, -0.2) is 19.6 Å². The molecule has 0 aliphatic rings. The number of hydrogen-bond donors (Lipinski definition) is 2. The van der Waals surface area contributed by atoms with E-state index in [1.165, 1.54) is 15.8 Å². The first kappa shape index (κ1) is 13.2. The summed E-state index contributed by atoms with van der Waals surface area (Å²) in [6, 6.07) is 10.3. The van der Waals surface area contributed by atoms with Gasteiger partial charge in [-0.15, -0.1) is 0 Å². The van der Waals surface area contributed by atoms with Gasteiger partial charge in [0.15, 0.2) is 5.65 Å². The number of pyridine rings is 1. The number of aromatic nitrogens is 4. The monoisotopic (exact) mass is 309 g/mol. The second-order valence-corrected chi connectivity index (χ2v) is 5.99. The van der Waals surface area contributed by atoms with E-state index in [1.807, 2.05) is 12.1 Å². The lowest BCUT2D eigenvalue weighted by molar-refractivity contribution is 0.908. The molecule has 4 rings (SSSR count). The molecule has 110 valence electrons. The minimum absolute atomic E-state index is 0.717. The summed E-state index contributed by atoms with van der Waals surface area (Å²) >= 11 is 1.56. The molecule has 3 aromatic heterocycles. The molecule has 0 bridgehead atoms. The Morgan fingerprint density at radius 1 is 1.23 bits per heavy atom. The normalized spacial score (nSPS) is 11.3. The van der Waals surface area contributed by atoms with E-state index in [2.05, 4.69) is 50.0 Å². The molecule has 0 aliphatic carbocycles. The van der Waals surface area contributed by atoms with Crippen LogP contribution in [-0.2, 0) is 6.42 Å². The van der Waals surface area contributed by atoms with Gasteiger partial charge in [-0.2, -0.15) is 9.47 Å². The number of nitrogens with one attached hydrogen (secondary N) is 2. The van der Waals surface area contributed by atoms with Gasteiger partial charge < -0.3 is 5.32 Å². The van der Waals surface area contributed by atoms with Crippen LogP contribution in [0.15, 0.2) is 36.5 Å². The molecule has 0 atom stereocenters. The summed E-state index contributed by atoms with van der Waals surface area (Å²) in [4.78, 5) is 4.23. The predicted molar refractivity (Wildman–Crippen MR) is 90.8 cm³/mol. The van der Waals surface area contributed by atoms with Crippen molar-refractivity contribution in [1.29, 1.82) is 0 Å². The Labute approximate surface area is 131 Å². The van der Waals surface area contributed by atoms with Gasteiger partial charge in [0.1, 0.15) is 5.82 Å². The maximum atomic E-state index is 4.56. The van der Waals surface area contributed by atoms with Crippen LogP contribution in [0.3, 0.4) is 0 Å². The molecule has 4 aromatic rings. The van der Waals surface area contributed by atoms with E-state index in [0.717, 1.165) is 29.7 Å². The largest absolute Gasteiger partial charge is 0.340 e. The van der Waals surface area contributed by atoms with Crippen molar-refractivity contribution in [2.24, 2.45) is 0 Å². The first-order valence-electron chi connectivity index (χ1n) is 7.29.